The van der Waals surface area contributed by atoms with E-state index in [-0.39, 0.29) is 11.1 Å². The van der Waals surface area contributed by atoms with E-state index in [9.17, 15) is 14.9 Å². The Morgan fingerprint density at radius 2 is 1.75 bits per heavy atom. The number of nitro groups is 1. The highest BCUT2D eigenvalue weighted by Gasteiger charge is 2.17. The van der Waals surface area contributed by atoms with E-state index < -0.39 is 4.92 Å². The van der Waals surface area contributed by atoms with Crippen LogP contribution >= 0.6 is 0 Å². The van der Waals surface area contributed by atoms with Gasteiger partial charge in [-0.05, 0) is 22.6 Å². The van der Waals surface area contributed by atoms with Crippen LogP contribution in [0.2, 0.25) is 0 Å². The van der Waals surface area contributed by atoms with Crippen molar-refractivity contribution in [3.63, 3.8) is 0 Å². The number of nitrogens with one attached hydrogen (secondary N) is 1. The number of nitro benzene ring substituents is 1. The van der Waals surface area contributed by atoms with E-state index in [0.29, 0.717) is 22.2 Å². The number of benzene rings is 2. The van der Waals surface area contributed by atoms with Gasteiger partial charge in [-0.2, -0.15) is 0 Å². The average molecular weight is 322 g/mol. The van der Waals surface area contributed by atoms with Crippen molar-refractivity contribution in [2.45, 2.75) is 26.2 Å². The van der Waals surface area contributed by atoms with Crippen LogP contribution in [-0.2, 0) is 5.41 Å². The molecule has 0 atom stereocenters. The Morgan fingerprint density at radius 3 is 2.29 bits per heavy atom. The van der Waals surface area contributed by atoms with Crippen molar-refractivity contribution in [3.8, 4) is 11.3 Å². The third kappa shape index (κ3) is 2.69. The molecule has 0 saturated carbocycles. The van der Waals surface area contributed by atoms with Crippen LogP contribution in [0.25, 0.3) is 22.2 Å². The van der Waals surface area contributed by atoms with Gasteiger partial charge >= 0.3 is 0 Å². The fraction of sp³-hybridized carbons (Fsp3) is 0.211. The average Bonchev–Trinajstić information content (AvgIpc) is 2.91. The first kappa shape index (κ1) is 15.9. The summed E-state index contributed by atoms with van der Waals surface area (Å²) in [5, 5.41) is 11.5. The second kappa shape index (κ2) is 5.60. The minimum absolute atomic E-state index is 0.0285. The molecule has 0 spiro atoms. The highest BCUT2D eigenvalue weighted by atomic mass is 16.6. The lowest BCUT2D eigenvalue weighted by Gasteiger charge is -2.19. The van der Waals surface area contributed by atoms with Crippen LogP contribution in [-0.4, -0.2) is 16.2 Å². The van der Waals surface area contributed by atoms with E-state index in [4.69, 9.17) is 0 Å². The number of rotatable bonds is 3. The van der Waals surface area contributed by atoms with Gasteiger partial charge in [0, 0.05) is 28.6 Å². The van der Waals surface area contributed by atoms with Crippen molar-refractivity contribution in [3.05, 3.63) is 63.7 Å². The zero-order valence-electron chi connectivity index (χ0n) is 13.8. The van der Waals surface area contributed by atoms with Gasteiger partial charge in [0.1, 0.15) is 0 Å². The second-order valence-corrected chi connectivity index (χ2v) is 6.85. The van der Waals surface area contributed by atoms with Gasteiger partial charge in [0.05, 0.1) is 10.6 Å². The van der Waals surface area contributed by atoms with Gasteiger partial charge in [-0.25, -0.2) is 0 Å². The molecule has 1 aromatic heterocycles. The molecule has 0 fully saturated rings. The van der Waals surface area contributed by atoms with Crippen molar-refractivity contribution in [1.29, 1.82) is 0 Å². The topological polar surface area (TPSA) is 76.0 Å². The summed E-state index contributed by atoms with van der Waals surface area (Å²) in [4.78, 5) is 25.3. The van der Waals surface area contributed by atoms with Gasteiger partial charge in [-0.15, -0.1) is 0 Å². The number of carbonyl (C=O) groups is 1. The van der Waals surface area contributed by atoms with E-state index in [1.165, 1.54) is 17.7 Å². The van der Waals surface area contributed by atoms with Crippen LogP contribution in [0.1, 0.15) is 36.7 Å². The standard InChI is InChI=1S/C19H18N2O3/c1-19(2,3)13-6-4-12(5-7-13)18-16(11-22)15-10-14(21(23)24)8-9-17(15)20-18/h4-11,20H,1-3H3. The van der Waals surface area contributed by atoms with Crippen molar-refractivity contribution >= 4 is 22.9 Å². The van der Waals surface area contributed by atoms with Crippen LogP contribution < -0.4 is 0 Å². The number of carbonyl (C=O) groups excluding carboxylic acids is 1. The Bertz CT molecular complexity index is 932. The fourth-order valence-electron chi connectivity index (χ4n) is 2.80. The number of H-pyrrole nitrogens is 1. The number of aldehydes is 1. The monoisotopic (exact) mass is 322 g/mol. The van der Waals surface area contributed by atoms with Gasteiger partial charge in [0.25, 0.3) is 5.69 Å². The molecule has 0 aliphatic heterocycles. The maximum Gasteiger partial charge on any atom is 0.270 e. The van der Waals surface area contributed by atoms with E-state index in [0.717, 1.165) is 11.8 Å². The summed E-state index contributed by atoms with van der Waals surface area (Å²) in [5.74, 6) is 0. The first-order chi connectivity index (χ1) is 11.3. The lowest BCUT2D eigenvalue weighted by Crippen LogP contribution is -2.10. The number of non-ortho nitro benzene ring substituents is 1. The molecule has 0 saturated heterocycles. The van der Waals surface area contributed by atoms with Crippen molar-refractivity contribution in [2.75, 3.05) is 0 Å². The third-order valence-electron chi connectivity index (χ3n) is 4.19. The SMILES string of the molecule is CC(C)(C)c1ccc(-c2[nH]c3ccc([N+](=O)[O-])cc3c2C=O)cc1. The number of hydrogen-bond acceptors (Lipinski definition) is 3. The Labute approximate surface area is 139 Å². The van der Waals surface area contributed by atoms with Crippen LogP contribution in [0.3, 0.4) is 0 Å². The molecule has 1 N–H and O–H groups in total. The summed E-state index contributed by atoms with van der Waals surface area (Å²) < 4.78 is 0. The molecule has 0 radical (unpaired) electrons. The van der Waals surface area contributed by atoms with Crippen molar-refractivity contribution < 1.29 is 9.72 Å². The molecule has 5 nitrogen and oxygen atoms in total. The summed E-state index contributed by atoms with van der Waals surface area (Å²) in [6, 6.07) is 12.5. The molecule has 0 aliphatic rings. The highest BCUT2D eigenvalue weighted by molar-refractivity contribution is 6.05. The molecule has 3 rings (SSSR count). The summed E-state index contributed by atoms with van der Waals surface area (Å²) in [6.07, 6.45) is 0.746. The first-order valence-electron chi connectivity index (χ1n) is 7.67. The Kier molecular flexibility index (Phi) is 3.72. The minimum atomic E-state index is -0.460. The molecule has 0 aliphatic carbocycles. The Morgan fingerprint density at radius 1 is 1.08 bits per heavy atom. The molecule has 0 unspecified atom stereocenters. The van der Waals surface area contributed by atoms with Gasteiger partial charge in [0.2, 0.25) is 0 Å². The first-order valence-corrected chi connectivity index (χ1v) is 7.67. The van der Waals surface area contributed by atoms with Gasteiger partial charge in [-0.3, -0.25) is 14.9 Å². The molecule has 24 heavy (non-hydrogen) atoms. The molecular formula is C19H18N2O3. The molecule has 0 amide bonds. The summed E-state index contributed by atoms with van der Waals surface area (Å²) in [5.41, 5.74) is 3.93. The van der Waals surface area contributed by atoms with Crippen LogP contribution in [0.4, 0.5) is 5.69 Å². The summed E-state index contributed by atoms with van der Waals surface area (Å²) >= 11 is 0. The maximum absolute atomic E-state index is 11.6. The number of aromatic amines is 1. The zero-order chi connectivity index (χ0) is 17.5. The van der Waals surface area contributed by atoms with Gasteiger partial charge in [0.15, 0.2) is 6.29 Å². The molecule has 2 aromatic carbocycles. The van der Waals surface area contributed by atoms with E-state index >= 15 is 0 Å². The van der Waals surface area contributed by atoms with E-state index in [1.54, 1.807) is 6.07 Å². The predicted molar refractivity (Wildman–Crippen MR) is 94.5 cm³/mol. The fourth-order valence-corrected chi connectivity index (χ4v) is 2.80. The van der Waals surface area contributed by atoms with Gasteiger partial charge in [-0.1, -0.05) is 45.0 Å². The van der Waals surface area contributed by atoms with Gasteiger partial charge < -0.3 is 4.98 Å². The number of nitrogens with zero attached hydrogens (tertiary/aromatic N) is 1. The lowest BCUT2D eigenvalue weighted by molar-refractivity contribution is -0.384. The maximum atomic E-state index is 11.6. The quantitative estimate of drug-likeness (QED) is 0.425. The largest absolute Gasteiger partial charge is 0.354 e. The van der Waals surface area contributed by atoms with Crippen LogP contribution in [0, 0.1) is 10.1 Å². The number of hydrogen-bond donors (Lipinski definition) is 1. The van der Waals surface area contributed by atoms with E-state index in [1.807, 2.05) is 24.3 Å². The van der Waals surface area contributed by atoms with Crippen molar-refractivity contribution in [2.24, 2.45) is 0 Å². The normalized spacial score (nSPS) is 11.6. The Hall–Kier alpha value is -2.95. The Balaban J connectivity index is 2.15. The van der Waals surface area contributed by atoms with E-state index in [2.05, 4.69) is 25.8 Å². The third-order valence-corrected chi connectivity index (χ3v) is 4.19. The van der Waals surface area contributed by atoms with Crippen molar-refractivity contribution in [1.82, 2.24) is 4.98 Å². The minimum Gasteiger partial charge on any atom is -0.354 e. The molecule has 1 heterocycles. The molecular weight excluding hydrogens is 304 g/mol. The number of fused-ring (bicyclic) bond motifs is 1. The molecule has 5 heteroatoms. The molecule has 122 valence electrons. The number of aromatic nitrogens is 1. The second-order valence-electron chi connectivity index (χ2n) is 6.85. The zero-order valence-corrected chi connectivity index (χ0v) is 13.8. The van der Waals surface area contributed by atoms with Crippen LogP contribution in [0.5, 0.6) is 0 Å². The summed E-state index contributed by atoms with van der Waals surface area (Å²) in [7, 11) is 0. The lowest BCUT2D eigenvalue weighted by atomic mass is 9.86. The molecule has 0 bridgehead atoms. The smallest absolute Gasteiger partial charge is 0.270 e. The summed E-state index contributed by atoms with van der Waals surface area (Å²) in [6.45, 7) is 6.42. The predicted octanol–water partition coefficient (Wildman–Crippen LogP) is 4.85. The highest BCUT2D eigenvalue weighted by Crippen LogP contribution is 2.32. The molecule has 3 aromatic rings. The van der Waals surface area contributed by atoms with Crippen LogP contribution in [0.15, 0.2) is 42.5 Å².